The summed E-state index contributed by atoms with van der Waals surface area (Å²) in [6.07, 6.45) is -2.06. The number of amides is 1. The third-order valence-corrected chi connectivity index (χ3v) is 3.71. The summed E-state index contributed by atoms with van der Waals surface area (Å²) in [6, 6.07) is 7.31. The summed E-state index contributed by atoms with van der Waals surface area (Å²) in [5.74, 6) is -0.629. The quantitative estimate of drug-likeness (QED) is 0.688. The van der Waals surface area contributed by atoms with Gasteiger partial charge in [0.2, 0.25) is 5.91 Å². The minimum atomic E-state index is -4.72. The zero-order valence-corrected chi connectivity index (χ0v) is 14.2. The first-order chi connectivity index (χ1) is 12.7. The number of anilines is 1. The number of nitrogens with zero attached hydrogens (tertiary/aromatic N) is 3. The van der Waals surface area contributed by atoms with Crippen molar-refractivity contribution in [2.24, 2.45) is 0 Å². The molecule has 0 aliphatic rings. The second-order valence-electron chi connectivity index (χ2n) is 5.72. The third kappa shape index (κ3) is 4.43. The number of benzene rings is 1. The normalized spacial score (nSPS) is 11.4. The van der Waals surface area contributed by atoms with Crippen molar-refractivity contribution in [3.63, 3.8) is 0 Å². The Hall–Kier alpha value is -3.36. The van der Waals surface area contributed by atoms with Crippen LogP contribution in [-0.2, 0) is 11.3 Å². The molecule has 2 heterocycles. The summed E-state index contributed by atoms with van der Waals surface area (Å²) in [7, 11) is 0. The average Bonchev–Trinajstić information content (AvgIpc) is 2.91. The van der Waals surface area contributed by atoms with Crippen molar-refractivity contribution in [3.8, 4) is 5.75 Å². The van der Waals surface area contributed by atoms with Gasteiger partial charge in [-0.3, -0.25) is 4.79 Å². The molecular formula is C18H15F3N4O2. The molecule has 9 heteroatoms. The van der Waals surface area contributed by atoms with Crippen LogP contribution in [0.2, 0.25) is 0 Å². The van der Waals surface area contributed by atoms with Crippen molar-refractivity contribution in [1.29, 1.82) is 0 Å². The predicted molar refractivity (Wildman–Crippen MR) is 93.3 cm³/mol. The minimum absolute atomic E-state index is 0.284. The molecule has 1 amide bonds. The standard InChI is InChI=1S/C18H15F3N4O2/c1-3-16(26)23-13-8-15-11(2)24-25(17(15)22-9-13)10-12-4-6-14(7-5-12)27-18(19,20)21/h3-9H,1,10H2,2H3,(H,23,26). The number of fused-ring (bicyclic) bond motifs is 1. The highest BCUT2D eigenvalue weighted by molar-refractivity contribution is 5.99. The Morgan fingerprint density at radius 1 is 1.33 bits per heavy atom. The number of aryl methyl sites for hydroxylation is 1. The molecule has 140 valence electrons. The van der Waals surface area contributed by atoms with Gasteiger partial charge in [-0.25, -0.2) is 9.67 Å². The third-order valence-electron chi connectivity index (χ3n) is 3.71. The Morgan fingerprint density at radius 3 is 2.67 bits per heavy atom. The molecule has 0 radical (unpaired) electrons. The van der Waals surface area contributed by atoms with Gasteiger partial charge in [0, 0.05) is 5.39 Å². The van der Waals surface area contributed by atoms with E-state index in [1.807, 2.05) is 0 Å². The van der Waals surface area contributed by atoms with Crippen LogP contribution in [0.5, 0.6) is 5.75 Å². The zero-order valence-electron chi connectivity index (χ0n) is 14.2. The molecule has 0 bridgehead atoms. The molecular weight excluding hydrogens is 361 g/mol. The molecule has 3 rings (SSSR count). The van der Waals surface area contributed by atoms with Crippen molar-refractivity contribution < 1.29 is 22.7 Å². The smallest absolute Gasteiger partial charge is 0.406 e. The molecule has 0 spiro atoms. The molecule has 3 aromatic rings. The minimum Gasteiger partial charge on any atom is -0.406 e. The highest BCUT2D eigenvalue weighted by Gasteiger charge is 2.30. The number of carbonyl (C=O) groups is 1. The summed E-state index contributed by atoms with van der Waals surface area (Å²) in [6.45, 7) is 5.52. The molecule has 2 aromatic heterocycles. The Bertz CT molecular complexity index is 994. The van der Waals surface area contributed by atoms with E-state index in [0.29, 0.717) is 23.6 Å². The first kappa shape index (κ1) is 18.4. The topological polar surface area (TPSA) is 69.0 Å². The lowest BCUT2D eigenvalue weighted by Crippen LogP contribution is -2.17. The van der Waals surface area contributed by atoms with Crippen LogP contribution in [0.1, 0.15) is 11.3 Å². The summed E-state index contributed by atoms with van der Waals surface area (Å²) in [5.41, 5.74) is 2.56. The molecule has 0 fully saturated rings. The van der Waals surface area contributed by atoms with Gasteiger partial charge < -0.3 is 10.1 Å². The highest BCUT2D eigenvalue weighted by Crippen LogP contribution is 2.24. The molecule has 0 saturated carbocycles. The number of halogens is 3. The molecule has 1 N–H and O–H groups in total. The number of ether oxygens (including phenoxy) is 1. The van der Waals surface area contributed by atoms with E-state index in [4.69, 9.17) is 0 Å². The van der Waals surface area contributed by atoms with Gasteiger partial charge in [0.05, 0.1) is 24.1 Å². The maximum absolute atomic E-state index is 12.2. The monoisotopic (exact) mass is 376 g/mol. The average molecular weight is 376 g/mol. The predicted octanol–water partition coefficient (Wildman–Crippen LogP) is 3.81. The van der Waals surface area contributed by atoms with E-state index in [1.165, 1.54) is 30.5 Å². The maximum atomic E-state index is 12.2. The van der Waals surface area contributed by atoms with E-state index in [0.717, 1.165) is 17.0 Å². The van der Waals surface area contributed by atoms with Gasteiger partial charge in [0.1, 0.15) is 5.75 Å². The number of carbonyl (C=O) groups excluding carboxylic acids is 1. The first-order valence-corrected chi connectivity index (χ1v) is 7.86. The van der Waals surface area contributed by atoms with Crippen LogP contribution >= 0.6 is 0 Å². The lowest BCUT2D eigenvalue weighted by molar-refractivity contribution is -0.274. The van der Waals surface area contributed by atoms with Gasteiger partial charge in [-0.2, -0.15) is 5.10 Å². The summed E-state index contributed by atoms with van der Waals surface area (Å²) in [4.78, 5) is 15.7. The molecule has 0 aliphatic carbocycles. The van der Waals surface area contributed by atoms with Gasteiger partial charge in [0.25, 0.3) is 0 Å². The number of hydrogen-bond acceptors (Lipinski definition) is 4. The van der Waals surface area contributed by atoms with Crippen LogP contribution in [0.4, 0.5) is 18.9 Å². The van der Waals surface area contributed by atoms with Gasteiger partial charge in [0.15, 0.2) is 5.65 Å². The number of alkyl halides is 3. The fourth-order valence-corrected chi connectivity index (χ4v) is 2.55. The van der Waals surface area contributed by atoms with Gasteiger partial charge in [-0.05, 0) is 36.8 Å². The van der Waals surface area contributed by atoms with E-state index in [1.54, 1.807) is 17.7 Å². The van der Waals surface area contributed by atoms with Crippen molar-refractivity contribution in [2.45, 2.75) is 19.8 Å². The van der Waals surface area contributed by atoms with Gasteiger partial charge >= 0.3 is 6.36 Å². The number of nitrogens with one attached hydrogen (secondary N) is 1. The summed E-state index contributed by atoms with van der Waals surface area (Å²) >= 11 is 0. The van der Waals surface area contributed by atoms with Crippen LogP contribution in [0.3, 0.4) is 0 Å². The molecule has 6 nitrogen and oxygen atoms in total. The fourth-order valence-electron chi connectivity index (χ4n) is 2.55. The molecule has 27 heavy (non-hydrogen) atoms. The molecule has 0 unspecified atom stereocenters. The zero-order chi connectivity index (χ0) is 19.6. The molecule has 0 atom stereocenters. The van der Waals surface area contributed by atoms with E-state index < -0.39 is 6.36 Å². The largest absolute Gasteiger partial charge is 0.573 e. The second-order valence-corrected chi connectivity index (χ2v) is 5.72. The van der Waals surface area contributed by atoms with Crippen LogP contribution < -0.4 is 10.1 Å². The Morgan fingerprint density at radius 2 is 2.04 bits per heavy atom. The summed E-state index contributed by atoms with van der Waals surface area (Å²) in [5, 5.41) is 7.81. The van der Waals surface area contributed by atoms with Crippen molar-refractivity contribution in [2.75, 3.05) is 5.32 Å². The first-order valence-electron chi connectivity index (χ1n) is 7.86. The summed E-state index contributed by atoms with van der Waals surface area (Å²) < 4.78 is 42.2. The number of aromatic nitrogens is 3. The lowest BCUT2D eigenvalue weighted by atomic mass is 10.2. The van der Waals surface area contributed by atoms with E-state index >= 15 is 0 Å². The van der Waals surface area contributed by atoms with Crippen LogP contribution in [0, 0.1) is 6.92 Å². The number of pyridine rings is 1. The van der Waals surface area contributed by atoms with E-state index in [9.17, 15) is 18.0 Å². The molecule has 0 aliphatic heterocycles. The van der Waals surface area contributed by atoms with E-state index in [2.05, 4.69) is 26.7 Å². The van der Waals surface area contributed by atoms with E-state index in [-0.39, 0.29) is 11.7 Å². The van der Waals surface area contributed by atoms with Gasteiger partial charge in [-0.15, -0.1) is 13.2 Å². The Balaban J connectivity index is 1.83. The lowest BCUT2D eigenvalue weighted by Gasteiger charge is -2.09. The van der Waals surface area contributed by atoms with Crippen molar-refractivity contribution >= 4 is 22.6 Å². The Labute approximate surface area is 152 Å². The molecule has 0 saturated heterocycles. The van der Waals surface area contributed by atoms with Crippen molar-refractivity contribution in [1.82, 2.24) is 14.8 Å². The Kier molecular flexibility index (Phi) is 4.85. The molecule has 1 aromatic carbocycles. The highest BCUT2D eigenvalue weighted by atomic mass is 19.4. The number of rotatable bonds is 5. The van der Waals surface area contributed by atoms with Crippen LogP contribution in [0.25, 0.3) is 11.0 Å². The maximum Gasteiger partial charge on any atom is 0.573 e. The van der Waals surface area contributed by atoms with Crippen LogP contribution in [-0.4, -0.2) is 27.0 Å². The van der Waals surface area contributed by atoms with Crippen LogP contribution in [0.15, 0.2) is 49.2 Å². The van der Waals surface area contributed by atoms with Crippen molar-refractivity contribution in [3.05, 3.63) is 60.4 Å². The van der Waals surface area contributed by atoms with Gasteiger partial charge in [-0.1, -0.05) is 18.7 Å². The fraction of sp³-hybridized carbons (Fsp3) is 0.167. The SMILES string of the molecule is C=CC(=O)Nc1cnc2c(c1)c(C)nn2Cc1ccc(OC(F)(F)F)cc1. The second kappa shape index (κ2) is 7.10. The number of hydrogen-bond donors (Lipinski definition) is 1.